The Bertz CT molecular complexity index is 1080. The van der Waals surface area contributed by atoms with Crippen molar-refractivity contribution in [3.63, 3.8) is 0 Å². The minimum Gasteiger partial charge on any atom is -0.496 e. The van der Waals surface area contributed by atoms with Crippen LogP contribution in [-0.2, 0) is 16.6 Å². The Kier molecular flexibility index (Phi) is 6.56. The number of rotatable bonds is 7. The van der Waals surface area contributed by atoms with Crippen molar-refractivity contribution in [1.29, 1.82) is 0 Å². The van der Waals surface area contributed by atoms with Crippen molar-refractivity contribution in [2.45, 2.75) is 77.4 Å². The summed E-state index contributed by atoms with van der Waals surface area (Å²) in [5, 5.41) is 0. The summed E-state index contributed by atoms with van der Waals surface area (Å²) in [5.41, 5.74) is 7.83. The van der Waals surface area contributed by atoms with Crippen molar-refractivity contribution in [2.24, 2.45) is 0 Å². The van der Waals surface area contributed by atoms with E-state index in [0.29, 0.717) is 0 Å². The summed E-state index contributed by atoms with van der Waals surface area (Å²) in [6.45, 7) is 13.8. The Morgan fingerprint density at radius 1 is 1.09 bits per heavy atom. The molecule has 0 aliphatic heterocycles. The summed E-state index contributed by atoms with van der Waals surface area (Å²) >= 11 is 0. The van der Waals surface area contributed by atoms with Gasteiger partial charge in [-0.25, -0.2) is 9.55 Å². The first kappa shape index (κ1) is 23.5. The summed E-state index contributed by atoms with van der Waals surface area (Å²) in [7, 11) is 5.57. The molecule has 32 heavy (non-hydrogen) atoms. The van der Waals surface area contributed by atoms with Crippen molar-refractivity contribution in [2.75, 3.05) is 12.9 Å². The molecule has 0 fully saturated rings. The number of pyridine rings is 1. The van der Waals surface area contributed by atoms with E-state index in [1.54, 1.807) is 7.11 Å². The zero-order chi connectivity index (χ0) is 23.1. The number of aromatic nitrogens is 3. The van der Waals surface area contributed by atoms with Crippen LogP contribution in [0.15, 0.2) is 24.4 Å². The van der Waals surface area contributed by atoms with Crippen LogP contribution in [0.5, 0.6) is 5.75 Å². The number of hydrogen-bond donors (Lipinski definition) is 1. The van der Waals surface area contributed by atoms with E-state index in [0.717, 1.165) is 34.2 Å². The summed E-state index contributed by atoms with van der Waals surface area (Å²) < 4.78 is 7.82. The van der Waals surface area contributed by atoms with Crippen LogP contribution in [0, 0.1) is 6.92 Å². The largest absolute Gasteiger partial charge is 0.496 e. The zero-order valence-corrected chi connectivity index (χ0v) is 22.1. The maximum atomic E-state index is 5.62. The van der Waals surface area contributed by atoms with E-state index < -0.39 is 0 Å². The van der Waals surface area contributed by atoms with Crippen molar-refractivity contribution in [3.8, 4) is 11.7 Å². The maximum absolute atomic E-state index is 5.62. The Labute approximate surface area is 200 Å². The molecule has 0 saturated carbocycles. The second-order valence-electron chi connectivity index (χ2n) is 10.2. The number of methoxy groups -OCH3 is 1. The van der Waals surface area contributed by atoms with Crippen LogP contribution in [-0.4, -0.2) is 22.8 Å². The molecule has 1 aliphatic carbocycles. The first-order valence-corrected chi connectivity index (χ1v) is 14.0. The number of ether oxygens (including phenoxy) is 1. The molecule has 1 aromatic carbocycles. The van der Waals surface area contributed by atoms with E-state index in [2.05, 4.69) is 69.4 Å². The third-order valence-corrected chi connectivity index (χ3v) is 9.41. The third kappa shape index (κ3) is 4.28. The Morgan fingerprint density at radius 3 is 2.44 bits per heavy atom. The van der Waals surface area contributed by atoms with E-state index in [1.807, 2.05) is 27.7 Å². The highest BCUT2D eigenvalue weighted by Crippen LogP contribution is 2.46. The molecule has 1 aliphatic rings. The van der Waals surface area contributed by atoms with Gasteiger partial charge < -0.3 is 4.74 Å². The van der Waals surface area contributed by atoms with Gasteiger partial charge in [-0.3, -0.25) is 0 Å². The fraction of sp³-hybridized carbons (Fsp3) is 0.538. The highest BCUT2D eigenvalue weighted by Gasteiger charge is 2.38. The van der Waals surface area contributed by atoms with Crippen molar-refractivity contribution < 1.29 is 9.30 Å². The number of imidazole rings is 1. The highest BCUT2D eigenvalue weighted by atomic mass is 33.1. The fourth-order valence-electron chi connectivity index (χ4n) is 4.69. The van der Waals surface area contributed by atoms with Crippen LogP contribution in [0.25, 0.3) is 17.0 Å². The van der Waals surface area contributed by atoms with E-state index in [1.165, 1.54) is 41.6 Å². The van der Waals surface area contributed by atoms with Gasteiger partial charge in [-0.05, 0) is 60.3 Å². The van der Waals surface area contributed by atoms with Crippen LogP contribution in [0.1, 0.15) is 76.3 Å². The van der Waals surface area contributed by atoms with E-state index in [-0.39, 0.29) is 10.8 Å². The number of fused-ring (bicyclic) bond motifs is 2. The molecule has 2 aromatic heterocycles. The molecule has 0 radical (unpaired) electrons. The van der Waals surface area contributed by atoms with Gasteiger partial charge >= 0.3 is 5.95 Å². The van der Waals surface area contributed by atoms with Crippen LogP contribution in [0.3, 0.4) is 0 Å². The molecule has 1 N–H and O–H groups in total. The number of H-pyrrole nitrogens is 1. The number of nitrogens with zero attached hydrogens (tertiary/aromatic N) is 2. The topological polar surface area (TPSA) is 41.8 Å². The lowest BCUT2D eigenvalue weighted by Gasteiger charge is -2.41. The number of hydrogen-bond acceptors (Lipinski definition) is 4. The molecule has 0 saturated heterocycles. The molecule has 0 bridgehead atoms. The zero-order valence-electron chi connectivity index (χ0n) is 20.5. The summed E-state index contributed by atoms with van der Waals surface area (Å²) in [5.74, 6) is 3.86. The van der Waals surface area contributed by atoms with Crippen LogP contribution in [0.4, 0.5) is 0 Å². The molecule has 0 unspecified atom stereocenters. The van der Waals surface area contributed by atoms with Crippen molar-refractivity contribution in [1.82, 2.24) is 9.97 Å². The molecule has 6 heteroatoms. The minimum atomic E-state index is 0.181. The Balaban J connectivity index is 1.81. The van der Waals surface area contributed by atoms with E-state index in [9.17, 15) is 0 Å². The maximum Gasteiger partial charge on any atom is 0.402 e. The molecule has 4 nitrogen and oxygen atoms in total. The Hall–Kier alpha value is -1.66. The van der Waals surface area contributed by atoms with Crippen molar-refractivity contribution >= 4 is 32.6 Å². The van der Waals surface area contributed by atoms with Crippen LogP contribution < -0.4 is 9.30 Å². The lowest BCUT2D eigenvalue weighted by atomic mass is 9.63. The summed E-state index contributed by atoms with van der Waals surface area (Å²) in [6.07, 6.45) is 5.69. The first-order chi connectivity index (χ1) is 15.2. The first-order valence-electron chi connectivity index (χ1n) is 11.6. The molecular formula is C26H36N3OS2+. The standard InChI is InChI=1S/C26H36N3OS2/c1-8-13-31-32-16-22-17(2)23(30-7)9-12-29(22)24-27-20-14-18-19(15-21(20)28-24)26(5,6)11-10-25(18,3)4/h9,12,14-15H,8,10-11,13,16H2,1-7H3,(H,27,28)/q+1. The molecule has 0 amide bonds. The van der Waals surface area contributed by atoms with E-state index >= 15 is 0 Å². The second kappa shape index (κ2) is 8.94. The highest BCUT2D eigenvalue weighted by molar-refractivity contribution is 8.76. The van der Waals surface area contributed by atoms with Crippen LogP contribution >= 0.6 is 21.6 Å². The van der Waals surface area contributed by atoms with Crippen molar-refractivity contribution in [3.05, 3.63) is 46.8 Å². The number of aromatic amines is 1. The summed E-state index contributed by atoms with van der Waals surface area (Å²) in [4.78, 5) is 8.69. The smallest absolute Gasteiger partial charge is 0.402 e. The predicted octanol–water partition coefficient (Wildman–Crippen LogP) is 6.80. The van der Waals surface area contributed by atoms with Gasteiger partial charge in [0.05, 0.1) is 19.1 Å². The molecule has 0 atom stereocenters. The lowest BCUT2D eigenvalue weighted by molar-refractivity contribution is -0.610. The monoisotopic (exact) mass is 470 g/mol. The number of nitrogens with one attached hydrogen (secondary N) is 1. The van der Waals surface area contributed by atoms with Gasteiger partial charge in [-0.15, -0.1) is 0 Å². The normalized spacial score (nSPS) is 16.8. The molecule has 172 valence electrons. The second-order valence-corrected chi connectivity index (χ2v) is 12.7. The predicted molar refractivity (Wildman–Crippen MR) is 138 cm³/mol. The van der Waals surface area contributed by atoms with Crippen LogP contribution in [0.2, 0.25) is 0 Å². The van der Waals surface area contributed by atoms with Gasteiger partial charge in [0.15, 0.2) is 5.52 Å². The minimum absolute atomic E-state index is 0.181. The molecule has 2 heterocycles. The average molecular weight is 471 g/mol. The van der Waals surface area contributed by atoms with Gasteiger partial charge in [0, 0.05) is 17.4 Å². The Morgan fingerprint density at radius 2 is 1.78 bits per heavy atom. The van der Waals surface area contributed by atoms with Gasteiger partial charge in [0.1, 0.15) is 17.0 Å². The van der Waals surface area contributed by atoms with Gasteiger partial charge in [-0.1, -0.05) is 61.2 Å². The fourth-order valence-corrected chi connectivity index (χ4v) is 6.96. The summed E-state index contributed by atoms with van der Waals surface area (Å²) in [6, 6.07) is 6.71. The van der Waals surface area contributed by atoms with E-state index in [4.69, 9.17) is 9.72 Å². The van der Waals surface area contributed by atoms with Gasteiger partial charge in [-0.2, -0.15) is 0 Å². The quantitative estimate of drug-likeness (QED) is 0.234. The lowest BCUT2D eigenvalue weighted by Crippen LogP contribution is -2.37. The molecule has 0 spiro atoms. The average Bonchev–Trinajstić information content (AvgIpc) is 3.17. The third-order valence-electron chi connectivity index (χ3n) is 6.92. The SMILES string of the molecule is CCCSSCc1c(C)c(OC)cc[n+]1-c1nc2cc3c(cc2[nH]1)C(C)(C)CCC3(C)C. The number of benzene rings is 1. The molecular weight excluding hydrogens is 434 g/mol. The van der Waals surface area contributed by atoms with Gasteiger partial charge in [0.2, 0.25) is 0 Å². The molecule has 4 rings (SSSR count). The molecule has 3 aromatic rings. The van der Waals surface area contributed by atoms with Gasteiger partial charge in [0.25, 0.3) is 0 Å².